The summed E-state index contributed by atoms with van der Waals surface area (Å²) in [5.74, 6) is -1.05. The quantitative estimate of drug-likeness (QED) is 0.409. The van der Waals surface area contributed by atoms with E-state index in [4.69, 9.17) is 0 Å². The third-order valence-corrected chi connectivity index (χ3v) is 2.61. The smallest absolute Gasteiger partial charge is 0.322 e. The van der Waals surface area contributed by atoms with Crippen LogP contribution in [0.2, 0.25) is 0 Å². The van der Waals surface area contributed by atoms with Gasteiger partial charge in [-0.2, -0.15) is 0 Å². The summed E-state index contributed by atoms with van der Waals surface area (Å²) in [6.45, 7) is 0. The molecule has 1 aliphatic rings. The summed E-state index contributed by atoms with van der Waals surface area (Å²) >= 11 is 0. The molecule has 0 aliphatic carbocycles. The van der Waals surface area contributed by atoms with E-state index in [-0.39, 0.29) is 12.1 Å². The van der Waals surface area contributed by atoms with Gasteiger partial charge >= 0.3 is 6.03 Å². The van der Waals surface area contributed by atoms with Crippen molar-refractivity contribution >= 4 is 29.2 Å². The Bertz CT molecular complexity index is 583. The van der Waals surface area contributed by atoms with Crippen LogP contribution in [-0.2, 0) is 9.59 Å². The summed E-state index contributed by atoms with van der Waals surface area (Å²) in [5.41, 5.74) is 0.274. The number of nitro groups is 1. The highest BCUT2D eigenvalue weighted by molar-refractivity contribution is 6.06. The molecule has 2 rings (SSSR count). The number of hydrogen-bond donors (Lipinski definition) is 3. The maximum absolute atomic E-state index is 11.7. The van der Waals surface area contributed by atoms with E-state index in [1.54, 1.807) is 0 Å². The average molecular weight is 278 g/mol. The number of urea groups is 1. The molecular weight excluding hydrogens is 268 g/mol. The molecule has 1 aromatic rings. The Morgan fingerprint density at radius 1 is 1.30 bits per heavy atom. The van der Waals surface area contributed by atoms with E-state index in [1.165, 1.54) is 24.3 Å². The molecule has 1 saturated heterocycles. The Hall–Kier alpha value is -2.97. The van der Waals surface area contributed by atoms with E-state index in [1.807, 2.05) is 5.32 Å². The summed E-state index contributed by atoms with van der Waals surface area (Å²) in [6, 6.07) is 3.72. The molecule has 1 aromatic carbocycles. The van der Waals surface area contributed by atoms with Gasteiger partial charge in [-0.3, -0.25) is 25.0 Å². The minimum absolute atomic E-state index is 0.0922. The van der Waals surface area contributed by atoms with E-state index in [0.29, 0.717) is 5.69 Å². The third kappa shape index (κ3) is 3.07. The van der Waals surface area contributed by atoms with Crippen molar-refractivity contribution < 1.29 is 19.3 Å². The maximum Gasteiger partial charge on any atom is 0.322 e. The number of imide groups is 1. The van der Waals surface area contributed by atoms with Crippen LogP contribution in [0.5, 0.6) is 0 Å². The second-order valence-electron chi connectivity index (χ2n) is 4.07. The number of carbonyl (C=O) groups excluding carboxylic acids is 3. The van der Waals surface area contributed by atoms with Crippen LogP contribution in [0.15, 0.2) is 24.3 Å². The highest BCUT2D eigenvalue weighted by Gasteiger charge is 2.31. The maximum atomic E-state index is 11.7. The number of anilines is 1. The van der Waals surface area contributed by atoms with Gasteiger partial charge < -0.3 is 10.6 Å². The van der Waals surface area contributed by atoms with Crippen molar-refractivity contribution in [3.63, 3.8) is 0 Å². The first-order chi connectivity index (χ1) is 9.45. The van der Waals surface area contributed by atoms with Crippen LogP contribution in [0.1, 0.15) is 6.42 Å². The normalized spacial score (nSPS) is 17.3. The Morgan fingerprint density at radius 2 is 1.95 bits per heavy atom. The lowest BCUT2D eigenvalue weighted by Gasteiger charge is -2.08. The number of benzene rings is 1. The SMILES string of the molecule is O=C(CC1NC(=O)NC1=O)Nc1ccc([N+](=O)[O-])cc1. The van der Waals surface area contributed by atoms with Crippen LogP contribution in [0, 0.1) is 10.1 Å². The fourth-order valence-corrected chi connectivity index (χ4v) is 1.67. The van der Waals surface area contributed by atoms with Gasteiger partial charge in [-0.1, -0.05) is 0 Å². The molecule has 1 unspecified atom stereocenters. The van der Waals surface area contributed by atoms with E-state index in [2.05, 4.69) is 10.6 Å². The van der Waals surface area contributed by atoms with Crippen molar-refractivity contribution in [1.29, 1.82) is 0 Å². The van der Waals surface area contributed by atoms with Crippen LogP contribution < -0.4 is 16.0 Å². The molecule has 9 heteroatoms. The van der Waals surface area contributed by atoms with Crippen LogP contribution in [0.3, 0.4) is 0 Å². The molecule has 104 valence electrons. The largest absolute Gasteiger partial charge is 0.326 e. The number of nitrogens with one attached hydrogen (secondary N) is 3. The van der Waals surface area contributed by atoms with E-state index in [9.17, 15) is 24.5 Å². The van der Waals surface area contributed by atoms with Gasteiger partial charge in [0.05, 0.1) is 11.3 Å². The molecule has 0 aromatic heterocycles. The fourth-order valence-electron chi connectivity index (χ4n) is 1.67. The summed E-state index contributed by atoms with van der Waals surface area (Å²) < 4.78 is 0. The first-order valence-electron chi connectivity index (χ1n) is 5.61. The van der Waals surface area contributed by atoms with Gasteiger partial charge in [0.1, 0.15) is 6.04 Å². The zero-order valence-electron chi connectivity index (χ0n) is 10.1. The van der Waals surface area contributed by atoms with Gasteiger partial charge in [-0.05, 0) is 12.1 Å². The highest BCUT2D eigenvalue weighted by atomic mass is 16.6. The Kier molecular flexibility index (Phi) is 3.60. The minimum atomic E-state index is -0.902. The molecule has 0 saturated carbocycles. The van der Waals surface area contributed by atoms with Crippen molar-refractivity contribution in [1.82, 2.24) is 10.6 Å². The molecule has 3 N–H and O–H groups in total. The number of hydrogen-bond acceptors (Lipinski definition) is 5. The molecule has 0 spiro atoms. The Labute approximate surface area is 112 Å². The summed E-state index contributed by atoms with van der Waals surface area (Å²) in [7, 11) is 0. The number of nitro benzene ring substituents is 1. The summed E-state index contributed by atoms with van der Waals surface area (Å²) in [5, 5.41) is 17.2. The van der Waals surface area contributed by atoms with Crippen LogP contribution in [0.25, 0.3) is 0 Å². The molecular formula is C11H10N4O5. The van der Waals surface area contributed by atoms with Crippen molar-refractivity contribution in [3.05, 3.63) is 34.4 Å². The van der Waals surface area contributed by atoms with E-state index in [0.717, 1.165) is 0 Å². The third-order valence-electron chi connectivity index (χ3n) is 2.61. The summed E-state index contributed by atoms with van der Waals surface area (Å²) in [4.78, 5) is 43.7. The van der Waals surface area contributed by atoms with Crippen molar-refractivity contribution in [3.8, 4) is 0 Å². The number of carbonyl (C=O) groups is 3. The number of non-ortho nitro benzene ring substituents is 1. The highest BCUT2D eigenvalue weighted by Crippen LogP contribution is 2.15. The second-order valence-corrected chi connectivity index (χ2v) is 4.07. The zero-order chi connectivity index (χ0) is 14.7. The van der Waals surface area contributed by atoms with Crippen LogP contribution in [0.4, 0.5) is 16.2 Å². The molecule has 1 fully saturated rings. The second kappa shape index (κ2) is 5.34. The van der Waals surface area contributed by atoms with Crippen molar-refractivity contribution in [2.45, 2.75) is 12.5 Å². The zero-order valence-corrected chi connectivity index (χ0v) is 10.1. The topological polar surface area (TPSA) is 130 Å². The van der Waals surface area contributed by atoms with E-state index < -0.39 is 28.8 Å². The Morgan fingerprint density at radius 3 is 2.45 bits per heavy atom. The van der Waals surface area contributed by atoms with Gasteiger partial charge in [0.25, 0.3) is 11.6 Å². The number of rotatable bonds is 4. The van der Waals surface area contributed by atoms with Crippen LogP contribution >= 0.6 is 0 Å². The first-order valence-corrected chi connectivity index (χ1v) is 5.61. The predicted octanol–water partition coefficient (Wildman–Crippen LogP) is 0.131. The molecule has 1 heterocycles. The van der Waals surface area contributed by atoms with Gasteiger partial charge in [0.15, 0.2) is 0 Å². The van der Waals surface area contributed by atoms with Gasteiger partial charge in [0, 0.05) is 17.8 Å². The molecule has 4 amide bonds. The Balaban J connectivity index is 1.93. The number of amides is 4. The van der Waals surface area contributed by atoms with Crippen LogP contribution in [-0.4, -0.2) is 28.8 Å². The van der Waals surface area contributed by atoms with Gasteiger partial charge in [0.2, 0.25) is 5.91 Å². The lowest BCUT2D eigenvalue weighted by molar-refractivity contribution is -0.384. The lowest BCUT2D eigenvalue weighted by atomic mass is 10.2. The predicted molar refractivity (Wildman–Crippen MR) is 66.8 cm³/mol. The van der Waals surface area contributed by atoms with Crippen molar-refractivity contribution in [2.75, 3.05) is 5.32 Å². The number of nitrogens with zero attached hydrogens (tertiary/aromatic N) is 1. The summed E-state index contributed by atoms with van der Waals surface area (Å²) in [6.07, 6.45) is -0.214. The monoisotopic (exact) mass is 278 g/mol. The average Bonchev–Trinajstić information content (AvgIpc) is 2.68. The molecule has 1 atom stereocenters. The molecule has 0 radical (unpaired) electrons. The first kappa shape index (κ1) is 13.5. The molecule has 1 aliphatic heterocycles. The fraction of sp³-hybridized carbons (Fsp3) is 0.182. The molecule has 20 heavy (non-hydrogen) atoms. The standard InChI is InChI=1S/C11H10N4O5/c16-9(5-8-10(17)14-11(18)13-8)12-6-1-3-7(4-2-6)15(19)20/h1-4,8H,5H2,(H,12,16)(H2,13,14,17,18). The molecule has 9 nitrogen and oxygen atoms in total. The van der Waals surface area contributed by atoms with E-state index >= 15 is 0 Å². The van der Waals surface area contributed by atoms with Gasteiger partial charge in [-0.25, -0.2) is 4.79 Å². The molecule has 0 bridgehead atoms. The minimum Gasteiger partial charge on any atom is -0.326 e. The van der Waals surface area contributed by atoms with Gasteiger partial charge in [-0.15, -0.1) is 0 Å². The lowest BCUT2D eigenvalue weighted by Crippen LogP contribution is -2.33. The van der Waals surface area contributed by atoms with Crippen molar-refractivity contribution in [2.24, 2.45) is 0 Å².